The van der Waals surface area contributed by atoms with Gasteiger partial charge in [0.05, 0.1) is 10.9 Å². The summed E-state index contributed by atoms with van der Waals surface area (Å²) >= 11 is 1.41. The van der Waals surface area contributed by atoms with Crippen LogP contribution in [0.5, 0.6) is 0 Å². The Hall–Kier alpha value is -1.56. The van der Waals surface area contributed by atoms with E-state index < -0.39 is 0 Å². The van der Waals surface area contributed by atoms with Gasteiger partial charge in [-0.2, -0.15) is 0 Å². The Kier molecular flexibility index (Phi) is 5.83. The van der Waals surface area contributed by atoms with Crippen molar-refractivity contribution < 1.29 is 9.59 Å². The van der Waals surface area contributed by atoms with Crippen LogP contribution in [0.15, 0.2) is 23.4 Å². The Morgan fingerprint density at radius 3 is 2.73 bits per heavy atom. The van der Waals surface area contributed by atoms with Gasteiger partial charge in [-0.05, 0) is 32.4 Å². The molecular formula is C16H23N3O2S. The molecule has 0 aromatic carbocycles. The van der Waals surface area contributed by atoms with Crippen molar-refractivity contribution in [3.8, 4) is 0 Å². The first-order chi connectivity index (χ1) is 10.6. The third-order valence-corrected chi connectivity index (χ3v) is 4.95. The smallest absolute Gasteiger partial charge is 0.241 e. The molecule has 0 fully saturated rings. The Balaban J connectivity index is 2.21. The molecule has 0 aliphatic carbocycles. The van der Waals surface area contributed by atoms with Gasteiger partial charge in [-0.1, -0.05) is 18.7 Å². The van der Waals surface area contributed by atoms with E-state index in [0.29, 0.717) is 19.6 Å². The molecule has 1 atom stereocenters. The summed E-state index contributed by atoms with van der Waals surface area (Å²) in [5.41, 5.74) is 0.867. The molecule has 2 amide bonds. The van der Waals surface area contributed by atoms with Gasteiger partial charge >= 0.3 is 0 Å². The Labute approximate surface area is 136 Å². The second kappa shape index (κ2) is 7.63. The maximum atomic E-state index is 12.7. The van der Waals surface area contributed by atoms with E-state index in [1.54, 1.807) is 16.0 Å². The van der Waals surface area contributed by atoms with E-state index in [2.05, 4.69) is 4.98 Å². The number of hydrogen-bond donors (Lipinski definition) is 0. The molecule has 1 aliphatic heterocycles. The zero-order chi connectivity index (χ0) is 16.1. The highest BCUT2D eigenvalue weighted by molar-refractivity contribution is 8.00. The van der Waals surface area contributed by atoms with Crippen molar-refractivity contribution in [1.29, 1.82) is 0 Å². The lowest BCUT2D eigenvalue weighted by Gasteiger charge is -2.33. The van der Waals surface area contributed by atoms with Crippen LogP contribution in [-0.2, 0) is 9.59 Å². The number of pyridine rings is 1. The van der Waals surface area contributed by atoms with Crippen LogP contribution < -0.4 is 4.90 Å². The average molecular weight is 321 g/mol. The van der Waals surface area contributed by atoms with Crippen LogP contribution in [0.3, 0.4) is 0 Å². The Morgan fingerprint density at radius 2 is 2.09 bits per heavy atom. The largest absolute Gasteiger partial charge is 0.343 e. The monoisotopic (exact) mass is 321 g/mol. The van der Waals surface area contributed by atoms with E-state index in [-0.39, 0.29) is 23.5 Å². The molecule has 0 N–H and O–H groups in total. The van der Waals surface area contributed by atoms with Crippen LogP contribution in [-0.4, -0.2) is 46.6 Å². The lowest BCUT2D eigenvalue weighted by molar-refractivity contribution is -0.132. The Morgan fingerprint density at radius 1 is 1.36 bits per heavy atom. The number of hydrogen-bond acceptors (Lipinski definition) is 4. The van der Waals surface area contributed by atoms with Crippen molar-refractivity contribution in [2.75, 3.05) is 24.5 Å². The second-order valence-corrected chi connectivity index (χ2v) is 6.39. The average Bonchev–Trinajstić information content (AvgIpc) is 2.52. The maximum absolute atomic E-state index is 12.7. The van der Waals surface area contributed by atoms with Gasteiger partial charge in [0.2, 0.25) is 11.8 Å². The topological polar surface area (TPSA) is 53.5 Å². The number of aromatic nitrogens is 1. The number of rotatable bonds is 6. The summed E-state index contributed by atoms with van der Waals surface area (Å²) in [6.45, 7) is 7.97. The predicted octanol–water partition coefficient (Wildman–Crippen LogP) is 2.56. The van der Waals surface area contributed by atoms with Crippen molar-refractivity contribution in [2.24, 2.45) is 0 Å². The molecule has 1 aromatic heterocycles. The number of amides is 2. The highest BCUT2D eigenvalue weighted by atomic mass is 32.2. The number of fused-ring (bicyclic) bond motifs is 1. The lowest BCUT2D eigenvalue weighted by atomic mass is 10.2. The first-order valence-corrected chi connectivity index (χ1v) is 8.71. The molecule has 0 saturated carbocycles. The van der Waals surface area contributed by atoms with E-state index in [1.165, 1.54) is 11.8 Å². The Bertz CT molecular complexity index is 546. The summed E-state index contributed by atoms with van der Waals surface area (Å²) in [6, 6.07) is 3.77. The van der Waals surface area contributed by atoms with Gasteiger partial charge in [0.1, 0.15) is 5.03 Å². The van der Waals surface area contributed by atoms with Gasteiger partial charge in [0.25, 0.3) is 0 Å². The SMILES string of the molecule is CCCN1C(=O)[C@@H](CC(=O)N(CC)CC)Sc2ncccc21. The summed E-state index contributed by atoms with van der Waals surface area (Å²) in [7, 11) is 0. The summed E-state index contributed by atoms with van der Waals surface area (Å²) < 4.78 is 0. The fourth-order valence-electron chi connectivity index (χ4n) is 2.60. The minimum atomic E-state index is -0.373. The van der Waals surface area contributed by atoms with Crippen molar-refractivity contribution in [2.45, 2.75) is 43.9 Å². The normalized spacial score (nSPS) is 17.3. The molecule has 22 heavy (non-hydrogen) atoms. The van der Waals surface area contributed by atoms with Crippen LogP contribution >= 0.6 is 11.8 Å². The molecule has 0 radical (unpaired) electrons. The summed E-state index contributed by atoms with van der Waals surface area (Å²) in [5, 5.41) is 0.468. The number of anilines is 1. The lowest BCUT2D eigenvalue weighted by Crippen LogP contribution is -2.44. The van der Waals surface area contributed by atoms with Gasteiger partial charge in [0.15, 0.2) is 0 Å². The zero-order valence-electron chi connectivity index (χ0n) is 13.4. The van der Waals surface area contributed by atoms with Crippen LogP contribution in [0.25, 0.3) is 0 Å². The molecule has 6 heteroatoms. The first kappa shape index (κ1) is 16.8. The van der Waals surface area contributed by atoms with E-state index in [9.17, 15) is 9.59 Å². The minimum Gasteiger partial charge on any atom is -0.343 e. The van der Waals surface area contributed by atoms with E-state index in [4.69, 9.17) is 0 Å². The highest BCUT2D eigenvalue weighted by Crippen LogP contribution is 2.38. The number of carbonyl (C=O) groups is 2. The molecular weight excluding hydrogens is 298 g/mol. The molecule has 120 valence electrons. The summed E-state index contributed by atoms with van der Waals surface area (Å²) in [4.78, 5) is 33.0. The van der Waals surface area contributed by atoms with Gasteiger partial charge in [-0.25, -0.2) is 4.98 Å². The molecule has 1 aromatic rings. The molecule has 2 heterocycles. The third kappa shape index (κ3) is 3.43. The van der Waals surface area contributed by atoms with E-state index >= 15 is 0 Å². The molecule has 2 rings (SSSR count). The molecule has 0 saturated heterocycles. The highest BCUT2D eigenvalue weighted by Gasteiger charge is 2.35. The minimum absolute atomic E-state index is 0.0212. The van der Waals surface area contributed by atoms with Gasteiger partial charge in [-0.3, -0.25) is 9.59 Å². The zero-order valence-corrected chi connectivity index (χ0v) is 14.2. The number of thioether (sulfide) groups is 1. The van der Waals surface area contributed by atoms with Gasteiger partial charge in [0, 0.05) is 32.3 Å². The fraction of sp³-hybridized carbons (Fsp3) is 0.562. The quantitative estimate of drug-likeness (QED) is 0.808. The molecule has 0 unspecified atom stereocenters. The van der Waals surface area contributed by atoms with E-state index in [0.717, 1.165) is 17.1 Å². The van der Waals surface area contributed by atoms with Crippen molar-refractivity contribution in [3.63, 3.8) is 0 Å². The summed E-state index contributed by atoms with van der Waals surface area (Å²) in [5.74, 6) is 0.0551. The molecule has 1 aliphatic rings. The van der Waals surface area contributed by atoms with Crippen LogP contribution in [0.2, 0.25) is 0 Å². The van der Waals surface area contributed by atoms with Gasteiger partial charge < -0.3 is 9.80 Å². The molecule has 0 bridgehead atoms. The second-order valence-electron chi connectivity index (χ2n) is 5.19. The van der Waals surface area contributed by atoms with Crippen molar-refractivity contribution in [3.05, 3.63) is 18.3 Å². The van der Waals surface area contributed by atoms with Crippen LogP contribution in [0.1, 0.15) is 33.6 Å². The predicted molar refractivity (Wildman–Crippen MR) is 89.1 cm³/mol. The number of nitrogens with zero attached hydrogens (tertiary/aromatic N) is 3. The van der Waals surface area contributed by atoms with Crippen LogP contribution in [0.4, 0.5) is 5.69 Å². The maximum Gasteiger partial charge on any atom is 0.241 e. The van der Waals surface area contributed by atoms with E-state index in [1.807, 2.05) is 32.9 Å². The van der Waals surface area contributed by atoms with Gasteiger partial charge in [-0.15, -0.1) is 0 Å². The standard InChI is InChI=1S/C16H23N3O2S/c1-4-10-19-12-8-7-9-17-15(12)22-13(16(19)21)11-14(20)18(5-2)6-3/h7-9,13H,4-6,10-11H2,1-3H3/t13-/m1/s1. The molecule has 5 nitrogen and oxygen atoms in total. The van der Waals surface area contributed by atoms with Crippen molar-refractivity contribution >= 4 is 29.3 Å². The summed E-state index contributed by atoms with van der Waals surface area (Å²) in [6.07, 6.45) is 2.85. The number of carbonyl (C=O) groups excluding carboxylic acids is 2. The fourth-order valence-corrected chi connectivity index (χ4v) is 3.75. The third-order valence-electron chi connectivity index (χ3n) is 3.76. The van der Waals surface area contributed by atoms with Crippen LogP contribution in [0, 0.1) is 0 Å². The van der Waals surface area contributed by atoms with Crippen molar-refractivity contribution in [1.82, 2.24) is 9.88 Å². The first-order valence-electron chi connectivity index (χ1n) is 7.83. The molecule has 0 spiro atoms.